The molecule has 2 rings (SSSR count). The van der Waals surface area contributed by atoms with Crippen LogP contribution in [0.2, 0.25) is 4.47 Å². The molecule has 56 valence electrons. The molecule has 0 spiro atoms. The quantitative estimate of drug-likeness (QED) is 0.711. The van der Waals surface area contributed by atoms with E-state index in [1.54, 1.807) is 16.8 Å². The van der Waals surface area contributed by atoms with Crippen LogP contribution in [0.25, 0.3) is 11.4 Å². The van der Waals surface area contributed by atoms with Gasteiger partial charge in [0.15, 0.2) is 4.47 Å². The van der Waals surface area contributed by atoms with E-state index in [1.165, 1.54) is 11.3 Å². The predicted octanol–water partition coefficient (Wildman–Crippen LogP) is 2.92. The van der Waals surface area contributed by atoms with Gasteiger partial charge in [-0.1, -0.05) is 11.6 Å². The van der Waals surface area contributed by atoms with Crippen molar-refractivity contribution in [3.8, 4) is 11.4 Å². The van der Waals surface area contributed by atoms with Crippen molar-refractivity contribution in [3.63, 3.8) is 0 Å². The maximum Gasteiger partial charge on any atom is 0.184 e. The average molecular weight is 203 g/mol. The Hall–Kier alpha value is -0.450. The second-order valence-electron chi connectivity index (χ2n) is 1.86. The van der Waals surface area contributed by atoms with E-state index in [0.29, 0.717) is 4.47 Å². The smallest absolute Gasteiger partial charge is 0.184 e. The van der Waals surface area contributed by atoms with E-state index in [9.17, 15) is 0 Å². The monoisotopic (exact) mass is 202 g/mol. The van der Waals surface area contributed by atoms with Gasteiger partial charge >= 0.3 is 0 Å². The van der Waals surface area contributed by atoms with Crippen LogP contribution in [0.5, 0.6) is 0 Å². The highest BCUT2D eigenvalue weighted by molar-refractivity contribution is 7.14. The highest BCUT2D eigenvalue weighted by Crippen LogP contribution is 2.23. The Morgan fingerprint density at radius 2 is 2.18 bits per heavy atom. The van der Waals surface area contributed by atoms with Gasteiger partial charge in [-0.15, -0.1) is 22.7 Å². The number of rotatable bonds is 1. The van der Waals surface area contributed by atoms with Crippen LogP contribution in [0.3, 0.4) is 0 Å². The van der Waals surface area contributed by atoms with E-state index in [-0.39, 0.29) is 0 Å². The molecule has 0 saturated heterocycles. The number of halogens is 1. The molecule has 0 aromatic carbocycles. The molecule has 0 radical (unpaired) electrons. The first kappa shape index (κ1) is 7.21. The summed E-state index contributed by atoms with van der Waals surface area (Å²) in [6.45, 7) is 0. The standard InChI is InChI=1S/C6H3ClN2S2/c7-6-9-5(2-11-6)4-1-10-3-8-4/h1-3H. The van der Waals surface area contributed by atoms with Crippen molar-refractivity contribution in [2.75, 3.05) is 0 Å². The van der Waals surface area contributed by atoms with Crippen LogP contribution >= 0.6 is 34.3 Å². The molecule has 5 heteroatoms. The molecule has 2 aromatic heterocycles. The minimum absolute atomic E-state index is 0.563. The Bertz CT molecular complexity index is 341. The van der Waals surface area contributed by atoms with Crippen LogP contribution in [-0.2, 0) is 0 Å². The van der Waals surface area contributed by atoms with Crippen LogP contribution < -0.4 is 0 Å². The molecule has 0 aliphatic carbocycles. The maximum atomic E-state index is 5.66. The van der Waals surface area contributed by atoms with Crippen LogP contribution in [0.4, 0.5) is 0 Å². The van der Waals surface area contributed by atoms with Gasteiger partial charge in [0, 0.05) is 10.8 Å². The lowest BCUT2D eigenvalue weighted by Gasteiger charge is -1.83. The summed E-state index contributed by atoms with van der Waals surface area (Å²) >= 11 is 8.64. The highest BCUT2D eigenvalue weighted by atomic mass is 35.5. The molecule has 11 heavy (non-hydrogen) atoms. The molecule has 0 atom stereocenters. The van der Waals surface area contributed by atoms with E-state index in [4.69, 9.17) is 11.6 Å². The molecule has 0 bridgehead atoms. The van der Waals surface area contributed by atoms with Crippen molar-refractivity contribution >= 4 is 34.3 Å². The molecule has 0 saturated carbocycles. The van der Waals surface area contributed by atoms with E-state index in [1.807, 2.05) is 10.8 Å². The fourth-order valence-electron chi connectivity index (χ4n) is 0.709. The van der Waals surface area contributed by atoms with E-state index >= 15 is 0 Å². The molecule has 0 fully saturated rings. The molecular weight excluding hydrogens is 200 g/mol. The minimum atomic E-state index is 0.563. The zero-order valence-corrected chi connectivity index (χ0v) is 7.71. The Morgan fingerprint density at radius 1 is 1.27 bits per heavy atom. The third-order valence-corrected chi connectivity index (χ3v) is 2.74. The van der Waals surface area contributed by atoms with Crippen LogP contribution in [0, 0.1) is 0 Å². The molecule has 0 N–H and O–H groups in total. The van der Waals surface area contributed by atoms with Gasteiger partial charge in [0.2, 0.25) is 0 Å². The zero-order chi connectivity index (χ0) is 7.68. The Kier molecular flexibility index (Phi) is 1.89. The summed E-state index contributed by atoms with van der Waals surface area (Å²) in [7, 11) is 0. The van der Waals surface area contributed by atoms with Gasteiger partial charge in [0.25, 0.3) is 0 Å². The van der Waals surface area contributed by atoms with E-state index < -0.39 is 0 Å². The van der Waals surface area contributed by atoms with Crippen LogP contribution in [-0.4, -0.2) is 9.97 Å². The lowest BCUT2D eigenvalue weighted by molar-refractivity contribution is 1.33. The second kappa shape index (κ2) is 2.89. The lowest BCUT2D eigenvalue weighted by atomic mass is 10.4. The first-order valence-electron chi connectivity index (χ1n) is 2.86. The van der Waals surface area contributed by atoms with Gasteiger partial charge in [0.1, 0.15) is 11.4 Å². The molecule has 2 aromatic rings. The molecule has 2 nitrogen and oxygen atoms in total. The normalized spacial score (nSPS) is 10.3. The summed E-state index contributed by atoms with van der Waals surface area (Å²) in [5.41, 5.74) is 3.54. The maximum absolute atomic E-state index is 5.66. The van der Waals surface area contributed by atoms with E-state index in [2.05, 4.69) is 9.97 Å². The summed E-state index contributed by atoms with van der Waals surface area (Å²) in [5, 5.41) is 3.85. The topological polar surface area (TPSA) is 25.8 Å². The second-order valence-corrected chi connectivity index (χ2v) is 4.02. The third kappa shape index (κ3) is 1.42. The third-order valence-electron chi connectivity index (χ3n) is 1.17. The molecule has 0 aliphatic rings. The summed E-state index contributed by atoms with van der Waals surface area (Å²) in [6.07, 6.45) is 0. The Balaban J connectivity index is 2.45. The SMILES string of the molecule is Clc1nc(-c2cscn2)cs1. The average Bonchev–Trinajstić information content (AvgIpc) is 2.55. The number of hydrogen-bond donors (Lipinski definition) is 0. The van der Waals surface area contributed by atoms with Gasteiger partial charge < -0.3 is 0 Å². The fourth-order valence-corrected chi connectivity index (χ4v) is 2.01. The van der Waals surface area contributed by atoms with Gasteiger partial charge in [-0.05, 0) is 0 Å². The van der Waals surface area contributed by atoms with Gasteiger partial charge in [0.05, 0.1) is 5.51 Å². The first-order chi connectivity index (χ1) is 5.36. The fraction of sp³-hybridized carbons (Fsp3) is 0. The van der Waals surface area contributed by atoms with Crippen molar-refractivity contribution in [1.29, 1.82) is 0 Å². The molecular formula is C6H3ClN2S2. The number of nitrogens with zero attached hydrogens (tertiary/aromatic N) is 2. The summed E-state index contributed by atoms with van der Waals surface area (Å²) in [4.78, 5) is 8.19. The summed E-state index contributed by atoms with van der Waals surface area (Å²) in [6, 6.07) is 0. The molecule has 2 heterocycles. The van der Waals surface area contributed by atoms with Crippen molar-refractivity contribution < 1.29 is 0 Å². The number of thiazole rings is 2. The number of hydrogen-bond acceptors (Lipinski definition) is 4. The molecule has 0 amide bonds. The predicted molar refractivity (Wildman–Crippen MR) is 48.2 cm³/mol. The molecule has 0 unspecified atom stereocenters. The largest absolute Gasteiger partial charge is 0.243 e. The Labute approximate surface area is 76.5 Å². The minimum Gasteiger partial charge on any atom is -0.243 e. The highest BCUT2D eigenvalue weighted by Gasteiger charge is 2.03. The summed E-state index contributed by atoms with van der Waals surface area (Å²) in [5.74, 6) is 0. The van der Waals surface area contributed by atoms with E-state index in [0.717, 1.165) is 11.4 Å². The number of aromatic nitrogens is 2. The van der Waals surface area contributed by atoms with Crippen LogP contribution in [0.15, 0.2) is 16.3 Å². The Morgan fingerprint density at radius 3 is 2.73 bits per heavy atom. The molecule has 0 aliphatic heterocycles. The van der Waals surface area contributed by atoms with Crippen molar-refractivity contribution in [2.45, 2.75) is 0 Å². The van der Waals surface area contributed by atoms with Crippen molar-refractivity contribution in [2.24, 2.45) is 0 Å². The van der Waals surface area contributed by atoms with Crippen LogP contribution in [0.1, 0.15) is 0 Å². The van der Waals surface area contributed by atoms with Gasteiger partial charge in [-0.3, -0.25) is 0 Å². The van der Waals surface area contributed by atoms with Crippen molar-refractivity contribution in [3.05, 3.63) is 20.7 Å². The van der Waals surface area contributed by atoms with Crippen molar-refractivity contribution in [1.82, 2.24) is 9.97 Å². The summed E-state index contributed by atoms with van der Waals surface area (Å²) < 4.78 is 0.563. The zero-order valence-electron chi connectivity index (χ0n) is 5.32. The van der Waals surface area contributed by atoms with Gasteiger partial charge in [-0.25, -0.2) is 9.97 Å². The first-order valence-corrected chi connectivity index (χ1v) is 5.06. The lowest BCUT2D eigenvalue weighted by Crippen LogP contribution is -1.73. The van der Waals surface area contributed by atoms with Gasteiger partial charge in [-0.2, -0.15) is 0 Å².